The van der Waals surface area contributed by atoms with E-state index in [1.165, 1.54) is 0 Å². The lowest BCUT2D eigenvalue weighted by Gasteiger charge is -2.36. The van der Waals surface area contributed by atoms with E-state index in [1.54, 1.807) is 34.6 Å². The lowest BCUT2D eigenvalue weighted by molar-refractivity contribution is -0.231. The Morgan fingerprint density at radius 3 is 2.16 bits per heavy atom. The van der Waals surface area contributed by atoms with Gasteiger partial charge in [-0.3, -0.25) is 9.59 Å². The lowest BCUT2D eigenvalue weighted by Crippen LogP contribution is -2.60. The zero-order chi connectivity index (χ0) is 22.6. The molecule has 6 atom stereocenters. The number of fused-ring (bicyclic) bond motifs is 3. The third-order valence-electron chi connectivity index (χ3n) is 5.48. The van der Waals surface area contributed by atoms with Crippen LogP contribution >= 0.6 is 0 Å². The Labute approximate surface area is 181 Å². The SMILES string of the molecule is Cc1ccc(NC(=O)[C@H](C)NC(=O)[C@@H]2O[C@H]3OC(C)(C)O[C@@H]3[C@H]3OC(C)(C)O[C@@H]32)cc1. The molecule has 3 aliphatic rings. The highest BCUT2D eigenvalue weighted by Gasteiger charge is 2.62. The molecule has 3 saturated heterocycles. The predicted molar refractivity (Wildman–Crippen MR) is 110 cm³/mol. The van der Waals surface area contributed by atoms with Gasteiger partial charge in [0, 0.05) is 5.69 Å². The van der Waals surface area contributed by atoms with Gasteiger partial charge >= 0.3 is 0 Å². The van der Waals surface area contributed by atoms with E-state index in [0.29, 0.717) is 5.69 Å². The monoisotopic (exact) mass is 434 g/mol. The van der Waals surface area contributed by atoms with Gasteiger partial charge in [-0.1, -0.05) is 17.7 Å². The third kappa shape index (κ3) is 4.61. The molecule has 170 valence electrons. The number of carbonyl (C=O) groups is 2. The van der Waals surface area contributed by atoms with E-state index in [0.717, 1.165) is 5.56 Å². The quantitative estimate of drug-likeness (QED) is 0.745. The van der Waals surface area contributed by atoms with Gasteiger partial charge < -0.3 is 34.3 Å². The van der Waals surface area contributed by atoms with Gasteiger partial charge in [0.1, 0.15) is 24.4 Å². The van der Waals surface area contributed by atoms with Crippen LogP contribution in [0, 0.1) is 6.92 Å². The van der Waals surface area contributed by atoms with E-state index in [4.69, 9.17) is 23.7 Å². The van der Waals surface area contributed by atoms with E-state index in [2.05, 4.69) is 10.6 Å². The Bertz CT molecular complexity index is 854. The molecule has 3 heterocycles. The Hall–Kier alpha value is -2.04. The van der Waals surface area contributed by atoms with E-state index in [-0.39, 0.29) is 5.91 Å². The summed E-state index contributed by atoms with van der Waals surface area (Å²) >= 11 is 0. The minimum atomic E-state index is -1.01. The van der Waals surface area contributed by atoms with E-state index < -0.39 is 54.2 Å². The van der Waals surface area contributed by atoms with Crippen molar-refractivity contribution in [3.05, 3.63) is 29.8 Å². The molecule has 0 spiro atoms. The highest BCUT2D eigenvalue weighted by molar-refractivity contribution is 5.97. The Morgan fingerprint density at radius 2 is 1.48 bits per heavy atom. The molecule has 0 bridgehead atoms. The number of ether oxygens (including phenoxy) is 5. The Kier molecular flexibility index (Phi) is 5.60. The van der Waals surface area contributed by atoms with Crippen LogP contribution in [0.1, 0.15) is 40.2 Å². The summed E-state index contributed by atoms with van der Waals surface area (Å²) in [4.78, 5) is 25.6. The van der Waals surface area contributed by atoms with Gasteiger partial charge in [0.25, 0.3) is 5.91 Å². The van der Waals surface area contributed by atoms with Crippen molar-refractivity contribution in [1.82, 2.24) is 5.32 Å². The standard InChI is InChI=1S/C22H30N2O7/c1-11-7-9-13(10-8-11)24-18(25)12(2)23-19(26)16-14-15(29-21(3,4)28-14)17-20(27-16)31-22(5,6)30-17/h7-10,12,14-17,20H,1-6H3,(H,23,26)(H,24,25)/t12-,14-,15-,16+,17+,20-/m0/s1. The predicted octanol–water partition coefficient (Wildman–Crippen LogP) is 1.83. The van der Waals surface area contributed by atoms with Crippen molar-refractivity contribution in [2.24, 2.45) is 0 Å². The summed E-state index contributed by atoms with van der Waals surface area (Å²) in [7, 11) is 0. The fraction of sp³-hybridized carbons (Fsp3) is 0.636. The fourth-order valence-electron chi connectivity index (χ4n) is 4.07. The molecule has 2 amide bonds. The number of anilines is 1. The lowest BCUT2D eigenvalue weighted by atomic mass is 9.98. The van der Waals surface area contributed by atoms with Gasteiger partial charge in [-0.15, -0.1) is 0 Å². The van der Waals surface area contributed by atoms with Crippen molar-refractivity contribution in [3.8, 4) is 0 Å². The average molecular weight is 434 g/mol. The summed E-state index contributed by atoms with van der Waals surface area (Å²) in [5, 5.41) is 5.50. The largest absolute Gasteiger partial charge is 0.342 e. The highest BCUT2D eigenvalue weighted by Crippen LogP contribution is 2.44. The van der Waals surface area contributed by atoms with Gasteiger partial charge in [0.05, 0.1) is 0 Å². The fourth-order valence-corrected chi connectivity index (χ4v) is 4.07. The molecule has 0 radical (unpaired) electrons. The maximum atomic E-state index is 13.1. The van der Waals surface area contributed by atoms with Gasteiger partial charge in [-0.05, 0) is 53.7 Å². The molecule has 3 fully saturated rings. The zero-order valence-corrected chi connectivity index (χ0v) is 18.6. The number of rotatable bonds is 4. The number of nitrogens with one attached hydrogen (secondary N) is 2. The second kappa shape index (κ2) is 7.83. The first kappa shape index (κ1) is 22.2. The number of benzene rings is 1. The van der Waals surface area contributed by atoms with Gasteiger partial charge in [0.2, 0.25) is 5.91 Å². The third-order valence-corrected chi connectivity index (χ3v) is 5.48. The molecule has 0 aliphatic carbocycles. The average Bonchev–Trinajstić information content (AvgIpc) is 3.16. The molecule has 3 aliphatic heterocycles. The highest BCUT2D eigenvalue weighted by atomic mass is 16.9. The number of amides is 2. The summed E-state index contributed by atoms with van der Waals surface area (Å²) < 4.78 is 29.7. The van der Waals surface area contributed by atoms with Crippen molar-refractivity contribution >= 4 is 17.5 Å². The first-order valence-corrected chi connectivity index (χ1v) is 10.5. The van der Waals surface area contributed by atoms with E-state index >= 15 is 0 Å². The molecule has 9 heteroatoms. The summed E-state index contributed by atoms with van der Waals surface area (Å²) in [6, 6.07) is 6.62. The van der Waals surface area contributed by atoms with Crippen molar-refractivity contribution in [2.75, 3.05) is 5.32 Å². The van der Waals surface area contributed by atoms with Crippen LogP contribution in [0.15, 0.2) is 24.3 Å². The smallest absolute Gasteiger partial charge is 0.252 e. The number of carbonyl (C=O) groups excluding carboxylic acids is 2. The van der Waals surface area contributed by atoms with E-state index in [1.807, 2.05) is 31.2 Å². The van der Waals surface area contributed by atoms with Crippen LogP contribution in [-0.4, -0.2) is 60.1 Å². The molecule has 31 heavy (non-hydrogen) atoms. The maximum Gasteiger partial charge on any atom is 0.252 e. The normalized spacial score (nSPS) is 33.8. The van der Waals surface area contributed by atoms with Crippen LogP contribution in [0.25, 0.3) is 0 Å². The van der Waals surface area contributed by atoms with Crippen molar-refractivity contribution in [3.63, 3.8) is 0 Å². The molecular formula is C22H30N2O7. The van der Waals surface area contributed by atoms with Crippen molar-refractivity contribution in [2.45, 2.75) is 89.9 Å². The van der Waals surface area contributed by atoms with Crippen LogP contribution in [0.2, 0.25) is 0 Å². The molecule has 9 nitrogen and oxygen atoms in total. The molecule has 0 saturated carbocycles. The number of aryl methyl sites for hydroxylation is 1. The molecule has 1 aromatic carbocycles. The molecule has 0 aromatic heterocycles. The Balaban J connectivity index is 1.44. The molecule has 4 rings (SSSR count). The van der Waals surface area contributed by atoms with E-state index in [9.17, 15) is 9.59 Å². The van der Waals surface area contributed by atoms with Crippen LogP contribution in [0.4, 0.5) is 5.69 Å². The molecule has 0 unspecified atom stereocenters. The maximum absolute atomic E-state index is 13.1. The zero-order valence-electron chi connectivity index (χ0n) is 18.6. The van der Waals surface area contributed by atoms with Crippen molar-refractivity contribution in [1.29, 1.82) is 0 Å². The van der Waals surface area contributed by atoms with Crippen LogP contribution in [0.5, 0.6) is 0 Å². The molecule has 1 aromatic rings. The molecule has 2 N–H and O–H groups in total. The second-order valence-corrected chi connectivity index (χ2v) is 9.18. The topological polar surface area (TPSA) is 104 Å². The first-order valence-electron chi connectivity index (χ1n) is 10.5. The molecular weight excluding hydrogens is 404 g/mol. The summed E-state index contributed by atoms with van der Waals surface area (Å²) in [5.41, 5.74) is 1.74. The van der Waals surface area contributed by atoms with Crippen LogP contribution < -0.4 is 10.6 Å². The van der Waals surface area contributed by atoms with Crippen LogP contribution in [0.3, 0.4) is 0 Å². The second-order valence-electron chi connectivity index (χ2n) is 9.18. The first-order chi connectivity index (χ1) is 14.4. The minimum Gasteiger partial charge on any atom is -0.342 e. The van der Waals surface area contributed by atoms with Crippen molar-refractivity contribution < 1.29 is 33.3 Å². The van der Waals surface area contributed by atoms with Gasteiger partial charge in [0.15, 0.2) is 24.0 Å². The van der Waals surface area contributed by atoms with Gasteiger partial charge in [-0.25, -0.2) is 0 Å². The summed E-state index contributed by atoms with van der Waals surface area (Å²) in [6.07, 6.45) is -3.54. The number of hydrogen-bond acceptors (Lipinski definition) is 7. The summed E-state index contributed by atoms with van der Waals surface area (Å²) in [5.74, 6) is -2.60. The van der Waals surface area contributed by atoms with Gasteiger partial charge in [-0.2, -0.15) is 0 Å². The number of hydrogen-bond donors (Lipinski definition) is 2. The Morgan fingerprint density at radius 1 is 0.903 bits per heavy atom. The minimum absolute atomic E-state index is 0.340. The summed E-state index contributed by atoms with van der Waals surface area (Å²) in [6.45, 7) is 10.7. The van der Waals surface area contributed by atoms with Crippen LogP contribution in [-0.2, 0) is 33.3 Å².